The van der Waals surface area contributed by atoms with Gasteiger partial charge in [-0.1, -0.05) is 411 Å². The lowest BCUT2D eigenvalue weighted by molar-refractivity contribution is -0.143. The first-order valence-corrected chi connectivity index (χ1v) is 38.5. The number of carbonyl (C=O) groups excluding carboxylic acids is 2. The summed E-state index contributed by atoms with van der Waals surface area (Å²) >= 11 is 0. The van der Waals surface area contributed by atoms with Crippen LogP contribution in [-0.2, 0) is 14.3 Å². The third-order valence-electron chi connectivity index (χ3n) is 18.3. The van der Waals surface area contributed by atoms with E-state index in [0.29, 0.717) is 19.4 Å². The number of aliphatic hydroxyl groups excluding tert-OH is 2. The molecule has 0 rings (SSSR count). The Kier molecular flexibility index (Phi) is 71.8. The first-order chi connectivity index (χ1) is 41.0. The molecule has 0 aliphatic rings. The van der Waals surface area contributed by atoms with Crippen LogP contribution in [0, 0.1) is 0 Å². The van der Waals surface area contributed by atoms with Gasteiger partial charge in [0.15, 0.2) is 0 Å². The third kappa shape index (κ3) is 69.6. The van der Waals surface area contributed by atoms with Crippen LogP contribution in [0.25, 0.3) is 0 Å². The predicted molar refractivity (Wildman–Crippen MR) is 366 cm³/mol. The number of amides is 1. The molecule has 6 nitrogen and oxygen atoms in total. The van der Waals surface area contributed by atoms with Gasteiger partial charge in [-0.2, -0.15) is 0 Å². The summed E-state index contributed by atoms with van der Waals surface area (Å²) < 4.78 is 5.50. The molecule has 0 aliphatic heterocycles. The quantitative estimate of drug-likeness (QED) is 0.0320. The van der Waals surface area contributed by atoms with Crippen molar-refractivity contribution in [3.63, 3.8) is 0 Å². The molecule has 0 saturated carbocycles. The minimum Gasteiger partial charge on any atom is -0.466 e. The molecule has 2 unspecified atom stereocenters. The Balaban J connectivity index is 3.35. The van der Waals surface area contributed by atoms with Gasteiger partial charge in [0.05, 0.1) is 25.4 Å². The summed E-state index contributed by atoms with van der Waals surface area (Å²) in [5, 5.41) is 23.3. The summed E-state index contributed by atoms with van der Waals surface area (Å²) in [5.74, 6) is -0.0355. The van der Waals surface area contributed by atoms with Crippen LogP contribution in [0.2, 0.25) is 0 Å². The topological polar surface area (TPSA) is 95.9 Å². The number of nitrogens with one attached hydrogen (secondary N) is 1. The van der Waals surface area contributed by atoms with E-state index in [1.165, 1.54) is 379 Å². The fourth-order valence-corrected chi connectivity index (χ4v) is 12.5. The van der Waals surface area contributed by atoms with Gasteiger partial charge in [-0.05, 0) is 32.1 Å². The van der Waals surface area contributed by atoms with Gasteiger partial charge in [0.2, 0.25) is 5.91 Å². The lowest BCUT2D eigenvalue weighted by Gasteiger charge is -2.20. The van der Waals surface area contributed by atoms with Gasteiger partial charge in [0.1, 0.15) is 0 Å². The predicted octanol–water partition coefficient (Wildman–Crippen LogP) is 25.1. The number of unbranched alkanes of at least 4 members (excludes halogenated alkanes) is 62. The van der Waals surface area contributed by atoms with Gasteiger partial charge in [0, 0.05) is 12.8 Å². The first-order valence-electron chi connectivity index (χ1n) is 38.5. The molecule has 3 N–H and O–H groups in total. The maximum Gasteiger partial charge on any atom is 0.305 e. The maximum absolute atomic E-state index is 12.5. The van der Waals surface area contributed by atoms with E-state index in [4.69, 9.17) is 4.74 Å². The molecule has 0 aromatic heterocycles. The summed E-state index contributed by atoms with van der Waals surface area (Å²) in [7, 11) is 0. The van der Waals surface area contributed by atoms with Gasteiger partial charge in [-0.15, -0.1) is 0 Å². The molecule has 0 bridgehead atoms. The third-order valence-corrected chi connectivity index (χ3v) is 18.3. The van der Waals surface area contributed by atoms with Crippen LogP contribution in [0.5, 0.6) is 0 Å². The minimum absolute atomic E-state index is 0.0233. The SMILES string of the molecule is CCCCCCCCCCCCCCCCCCCCCC/C=C/C(O)C(CO)NC(=O)CCCCCCCCCCCCCCCCCCCCCCCCCCCCCCCCOC(=O)CCCCCCCCCCCCCCCC. The van der Waals surface area contributed by atoms with Crippen molar-refractivity contribution in [1.82, 2.24) is 5.32 Å². The van der Waals surface area contributed by atoms with Crippen molar-refractivity contribution in [2.24, 2.45) is 0 Å². The number of aliphatic hydroxyl groups is 2. The van der Waals surface area contributed by atoms with Crippen molar-refractivity contribution in [3.05, 3.63) is 12.2 Å². The fraction of sp³-hybridized carbons (Fsp3) is 0.948. The van der Waals surface area contributed by atoms with E-state index in [-0.39, 0.29) is 18.5 Å². The van der Waals surface area contributed by atoms with E-state index in [2.05, 4.69) is 19.2 Å². The zero-order valence-electron chi connectivity index (χ0n) is 56.7. The van der Waals surface area contributed by atoms with Crippen LogP contribution in [0.3, 0.4) is 0 Å². The number of allylic oxidation sites excluding steroid dienone is 1. The average molecular weight is 1170 g/mol. The Hall–Kier alpha value is -1.40. The number of hydrogen-bond donors (Lipinski definition) is 3. The molecule has 0 spiro atoms. The number of hydrogen-bond acceptors (Lipinski definition) is 5. The second-order valence-corrected chi connectivity index (χ2v) is 26.7. The zero-order valence-corrected chi connectivity index (χ0v) is 56.7. The van der Waals surface area contributed by atoms with Crippen molar-refractivity contribution in [1.29, 1.82) is 0 Å². The number of carbonyl (C=O) groups is 2. The lowest BCUT2D eigenvalue weighted by atomic mass is 10.0. The summed E-state index contributed by atoms with van der Waals surface area (Å²) in [6.45, 7) is 4.96. The Bertz CT molecular complexity index is 1260. The minimum atomic E-state index is -0.842. The summed E-state index contributed by atoms with van der Waals surface area (Å²) in [5.41, 5.74) is 0. The largest absolute Gasteiger partial charge is 0.466 e. The Morgan fingerprint density at radius 3 is 0.819 bits per heavy atom. The van der Waals surface area contributed by atoms with E-state index < -0.39 is 12.1 Å². The standard InChI is InChI=1S/C77H151NO5/c1-3-5-7-9-11-13-15-17-19-20-21-22-33-36-39-42-45-49-53-57-61-65-69-75(80)74(73-79)78-76(81)70-66-62-58-54-50-46-43-40-37-34-31-29-27-25-23-24-26-28-30-32-35-38-41-44-48-52-56-60-64-68-72-83-77(82)71-67-63-59-55-51-47-18-16-14-12-10-8-6-4-2/h65,69,74-75,79-80H,3-64,66-68,70-73H2,1-2H3,(H,78,81)/b69-65+. The van der Waals surface area contributed by atoms with Gasteiger partial charge in [-0.25, -0.2) is 0 Å². The Morgan fingerprint density at radius 2 is 0.554 bits per heavy atom. The average Bonchev–Trinajstić information content (AvgIpc) is 3.48. The number of ether oxygens (including phenoxy) is 1. The lowest BCUT2D eigenvalue weighted by Crippen LogP contribution is -2.45. The highest BCUT2D eigenvalue weighted by Crippen LogP contribution is 2.20. The van der Waals surface area contributed by atoms with E-state index >= 15 is 0 Å². The van der Waals surface area contributed by atoms with Gasteiger partial charge in [-0.3, -0.25) is 9.59 Å². The molecule has 1 amide bonds. The molecule has 83 heavy (non-hydrogen) atoms. The van der Waals surface area contributed by atoms with Crippen molar-refractivity contribution < 1.29 is 24.5 Å². The van der Waals surface area contributed by atoms with Crippen LogP contribution in [-0.4, -0.2) is 47.4 Å². The molecular formula is C77H151NO5. The van der Waals surface area contributed by atoms with Crippen LogP contribution in [0.1, 0.15) is 444 Å². The highest BCUT2D eigenvalue weighted by atomic mass is 16.5. The van der Waals surface area contributed by atoms with Crippen LogP contribution >= 0.6 is 0 Å². The molecule has 0 aliphatic carbocycles. The summed E-state index contributed by atoms with van der Waals surface area (Å²) in [6.07, 6.45) is 91.8. The van der Waals surface area contributed by atoms with Crippen molar-refractivity contribution in [2.45, 2.75) is 456 Å². The van der Waals surface area contributed by atoms with E-state index in [0.717, 1.165) is 38.5 Å². The highest BCUT2D eigenvalue weighted by Gasteiger charge is 2.18. The zero-order chi connectivity index (χ0) is 59.9. The van der Waals surface area contributed by atoms with Crippen molar-refractivity contribution >= 4 is 11.9 Å². The Labute approximate surface area is 520 Å². The van der Waals surface area contributed by atoms with Crippen molar-refractivity contribution in [2.75, 3.05) is 13.2 Å². The van der Waals surface area contributed by atoms with Gasteiger partial charge < -0.3 is 20.3 Å². The second-order valence-electron chi connectivity index (χ2n) is 26.7. The molecule has 494 valence electrons. The molecule has 0 saturated heterocycles. The molecule has 6 heteroatoms. The number of esters is 1. The Morgan fingerprint density at radius 1 is 0.325 bits per heavy atom. The highest BCUT2D eigenvalue weighted by molar-refractivity contribution is 5.76. The van der Waals surface area contributed by atoms with E-state index in [1.54, 1.807) is 6.08 Å². The summed E-state index contributed by atoms with van der Waals surface area (Å²) in [6, 6.07) is -0.625. The molecule has 0 aromatic carbocycles. The van der Waals surface area contributed by atoms with Gasteiger partial charge in [0.25, 0.3) is 0 Å². The molecule has 0 fully saturated rings. The molecular weight excluding hydrogens is 1020 g/mol. The molecule has 0 radical (unpaired) electrons. The molecule has 0 heterocycles. The second kappa shape index (κ2) is 73.1. The van der Waals surface area contributed by atoms with E-state index in [9.17, 15) is 19.8 Å². The number of rotatable bonds is 73. The summed E-state index contributed by atoms with van der Waals surface area (Å²) in [4.78, 5) is 24.6. The van der Waals surface area contributed by atoms with E-state index in [1.807, 2.05) is 6.08 Å². The van der Waals surface area contributed by atoms with Crippen LogP contribution in [0.15, 0.2) is 12.2 Å². The molecule has 0 aromatic rings. The smallest absolute Gasteiger partial charge is 0.305 e. The molecule has 2 atom stereocenters. The van der Waals surface area contributed by atoms with Crippen LogP contribution < -0.4 is 5.32 Å². The fourth-order valence-electron chi connectivity index (χ4n) is 12.5. The van der Waals surface area contributed by atoms with Gasteiger partial charge >= 0.3 is 5.97 Å². The first kappa shape index (κ1) is 81.6. The van der Waals surface area contributed by atoms with Crippen molar-refractivity contribution in [3.8, 4) is 0 Å². The van der Waals surface area contributed by atoms with Crippen LogP contribution in [0.4, 0.5) is 0 Å². The maximum atomic E-state index is 12.5. The normalized spacial score (nSPS) is 12.5. The monoisotopic (exact) mass is 1170 g/mol.